The summed E-state index contributed by atoms with van der Waals surface area (Å²) in [5, 5.41) is -0.248. The third kappa shape index (κ3) is 6.48. The second kappa shape index (κ2) is 9.23. The van der Waals surface area contributed by atoms with Gasteiger partial charge in [-0.05, 0) is 59.9 Å². The van der Waals surface area contributed by atoms with Crippen molar-refractivity contribution < 1.29 is 117 Å². The van der Waals surface area contributed by atoms with E-state index in [1.54, 1.807) is 0 Å². The van der Waals surface area contributed by atoms with Crippen LogP contribution in [0, 0.1) is 0 Å². The molecule has 0 spiro atoms. The van der Waals surface area contributed by atoms with Crippen LogP contribution in [0.4, 0.5) is 0 Å². The van der Waals surface area contributed by atoms with Gasteiger partial charge < -0.3 is 14.7 Å². The summed E-state index contributed by atoms with van der Waals surface area (Å²) < 4.78 is 1.43. The molecule has 0 aliphatic carbocycles. The van der Waals surface area contributed by atoms with Crippen LogP contribution in [0.2, 0.25) is 0 Å². The molecule has 0 heterocycles. The predicted octanol–water partition coefficient (Wildman–Crippen LogP) is -5.55. The number of hydrogen-bond acceptors (Lipinski definition) is 3. The van der Waals surface area contributed by atoms with Crippen LogP contribution in [-0.2, 0) is 0 Å². The molecule has 1 aromatic rings. The first kappa shape index (κ1) is 21.5. The van der Waals surface area contributed by atoms with E-state index in [9.17, 15) is 14.7 Å². The maximum atomic E-state index is 10.7. The zero-order valence-corrected chi connectivity index (χ0v) is 19.9. The molecule has 9 heteroatoms. The van der Waals surface area contributed by atoms with E-state index in [1.165, 1.54) is 12.1 Å². The Kier molecular flexibility index (Phi) is 13.3. The SMILES string of the molecule is [K+].[K+].[O-][P+]([O-])([O-])c1ccc(Br)c(Br)c1Br. The summed E-state index contributed by atoms with van der Waals surface area (Å²) in [7, 11) is -4.70. The molecule has 0 saturated carbocycles. The van der Waals surface area contributed by atoms with Crippen molar-refractivity contribution in [3.63, 3.8) is 0 Å². The van der Waals surface area contributed by atoms with Gasteiger partial charge in [-0.25, -0.2) is 0 Å². The first-order valence-corrected chi connectivity index (χ1v) is 6.92. The van der Waals surface area contributed by atoms with Crippen molar-refractivity contribution >= 4 is 61.0 Å². The van der Waals surface area contributed by atoms with E-state index >= 15 is 0 Å². The fraction of sp³-hybridized carbons (Fsp3) is 0. The second-order valence-corrected chi connectivity index (χ2v) is 6.11. The van der Waals surface area contributed by atoms with Gasteiger partial charge in [0.25, 0.3) is 0 Å². The summed E-state index contributed by atoms with van der Waals surface area (Å²) in [5.74, 6) is 0. The molecule has 0 fully saturated rings. The minimum atomic E-state index is -4.70. The first-order chi connectivity index (χ1) is 5.84. The molecule has 0 N–H and O–H groups in total. The number of rotatable bonds is 1. The van der Waals surface area contributed by atoms with Gasteiger partial charge in [-0.1, -0.05) is 0 Å². The average molecular weight is 471 g/mol. The molecule has 0 aliphatic rings. The van der Waals surface area contributed by atoms with E-state index in [0.29, 0.717) is 8.95 Å². The molecule has 0 saturated heterocycles. The minimum Gasteiger partial charge on any atom is -0.683 e. The maximum Gasteiger partial charge on any atom is 1.00 e. The molecule has 1 rings (SSSR count). The Morgan fingerprint density at radius 2 is 1.33 bits per heavy atom. The third-order valence-corrected chi connectivity index (χ3v) is 5.95. The summed E-state index contributed by atoms with van der Waals surface area (Å²) in [6, 6.07) is 2.74. The second-order valence-electron chi connectivity index (χ2n) is 2.19. The van der Waals surface area contributed by atoms with Crippen LogP contribution in [0.3, 0.4) is 0 Å². The normalized spacial score (nSPS) is 10.3. The smallest absolute Gasteiger partial charge is 0.683 e. The monoisotopic (exact) mass is 468 g/mol. The summed E-state index contributed by atoms with van der Waals surface area (Å²) in [6.45, 7) is 0. The zero-order valence-electron chi connectivity index (χ0n) is 7.96. The van der Waals surface area contributed by atoms with E-state index in [0.717, 1.165) is 0 Å². The fourth-order valence-electron chi connectivity index (χ4n) is 0.727. The summed E-state index contributed by atoms with van der Waals surface area (Å²) in [5.41, 5.74) is 0. The number of benzene rings is 1. The van der Waals surface area contributed by atoms with E-state index in [2.05, 4.69) is 47.8 Å². The molecule has 0 atom stereocenters. The Hall–Kier alpha value is 4.24. The molecule has 1 aromatic carbocycles. The molecule has 0 bridgehead atoms. The average Bonchev–Trinajstić information content (AvgIpc) is 1.98. The minimum absolute atomic E-state index is 0. The van der Waals surface area contributed by atoms with Crippen molar-refractivity contribution in [2.45, 2.75) is 0 Å². The van der Waals surface area contributed by atoms with Crippen LogP contribution in [0.25, 0.3) is 0 Å². The van der Waals surface area contributed by atoms with E-state index < -0.39 is 7.94 Å². The van der Waals surface area contributed by atoms with Crippen LogP contribution in [0.5, 0.6) is 0 Å². The molecule has 0 unspecified atom stereocenters. The summed E-state index contributed by atoms with van der Waals surface area (Å²) in [6.07, 6.45) is 0. The van der Waals surface area contributed by atoms with Crippen molar-refractivity contribution in [1.82, 2.24) is 0 Å². The van der Waals surface area contributed by atoms with Gasteiger partial charge in [-0.2, -0.15) is 0 Å². The standard InChI is InChI=1S/C6H4Br3O3P.2K/c7-3-1-2-4(13(10,11)12)6(9)5(3)8;;/h1-2H,(H2,10,11,12);;/q;2*+1/p-2. The molecule has 15 heavy (non-hydrogen) atoms. The van der Waals surface area contributed by atoms with Gasteiger partial charge in [-0.3, -0.25) is 0 Å². The van der Waals surface area contributed by atoms with Crippen LogP contribution < -0.4 is 123 Å². The van der Waals surface area contributed by atoms with Gasteiger partial charge in [-0.15, -0.1) is 7.94 Å². The van der Waals surface area contributed by atoms with Crippen LogP contribution in [0.15, 0.2) is 25.6 Å². The third-order valence-electron chi connectivity index (χ3n) is 1.31. The van der Waals surface area contributed by atoms with Gasteiger partial charge in [0.1, 0.15) is 0 Å². The van der Waals surface area contributed by atoms with Crippen molar-refractivity contribution in [3.8, 4) is 0 Å². The molecule has 3 nitrogen and oxygen atoms in total. The molecular weight excluding hydrogens is 469 g/mol. The molecular formula is C6H2Br3K2O3P. The van der Waals surface area contributed by atoms with E-state index in [-0.39, 0.29) is 113 Å². The molecule has 0 amide bonds. The van der Waals surface area contributed by atoms with Crippen LogP contribution >= 0.6 is 55.7 Å². The van der Waals surface area contributed by atoms with Crippen molar-refractivity contribution in [3.05, 3.63) is 25.6 Å². The first-order valence-electron chi connectivity index (χ1n) is 3.00. The van der Waals surface area contributed by atoms with Crippen molar-refractivity contribution in [2.24, 2.45) is 0 Å². The van der Waals surface area contributed by atoms with Gasteiger partial charge >= 0.3 is 103 Å². The van der Waals surface area contributed by atoms with Gasteiger partial charge in [0.2, 0.25) is 0 Å². The fourth-order valence-corrected chi connectivity index (χ4v) is 3.43. The molecule has 0 aromatic heterocycles. The maximum absolute atomic E-state index is 10.7. The Bertz CT molecular complexity index is 345. The van der Waals surface area contributed by atoms with Crippen molar-refractivity contribution in [1.29, 1.82) is 0 Å². The van der Waals surface area contributed by atoms with Gasteiger partial charge in [0.15, 0.2) is 0 Å². The van der Waals surface area contributed by atoms with Crippen molar-refractivity contribution in [2.75, 3.05) is 0 Å². The van der Waals surface area contributed by atoms with E-state index in [1.807, 2.05) is 0 Å². The Morgan fingerprint density at radius 1 is 0.867 bits per heavy atom. The van der Waals surface area contributed by atoms with Crippen LogP contribution in [-0.4, -0.2) is 0 Å². The Labute approximate surface area is 199 Å². The quantitative estimate of drug-likeness (QED) is 0.233. The molecule has 72 valence electrons. The number of hydrogen-bond donors (Lipinski definition) is 0. The predicted molar refractivity (Wildman–Crippen MR) is 56.1 cm³/mol. The molecule has 0 aliphatic heterocycles. The van der Waals surface area contributed by atoms with Gasteiger partial charge in [0.05, 0.1) is 9.78 Å². The van der Waals surface area contributed by atoms with Gasteiger partial charge in [0, 0.05) is 8.95 Å². The van der Waals surface area contributed by atoms with Crippen LogP contribution in [0.1, 0.15) is 0 Å². The largest absolute Gasteiger partial charge is 1.00 e. The number of halogens is 3. The topological polar surface area (TPSA) is 69.2 Å². The Morgan fingerprint density at radius 3 is 1.73 bits per heavy atom. The Balaban J connectivity index is 0. The van der Waals surface area contributed by atoms with E-state index in [4.69, 9.17) is 0 Å². The molecule has 0 radical (unpaired) electrons. The summed E-state index contributed by atoms with van der Waals surface area (Å²) in [4.78, 5) is 32.2. The zero-order chi connectivity index (χ0) is 10.2. The summed E-state index contributed by atoms with van der Waals surface area (Å²) >= 11 is 9.32.